The standard InChI is InChI=1S/C12H20N4/c13-10-2-1-5-16(7-10)8-11-6-12(15-14-11)9-3-4-9/h6,9-10H,1-5,7-8,13H2,(H,14,15)/t10-/m0/s1. The molecule has 2 fully saturated rings. The topological polar surface area (TPSA) is 57.9 Å². The van der Waals surface area contributed by atoms with Crippen LogP contribution in [0.5, 0.6) is 0 Å². The van der Waals surface area contributed by atoms with Gasteiger partial charge in [-0.3, -0.25) is 10.00 Å². The molecule has 1 aliphatic carbocycles. The van der Waals surface area contributed by atoms with Crippen LogP contribution in [0.2, 0.25) is 0 Å². The third kappa shape index (κ3) is 2.28. The maximum atomic E-state index is 5.97. The molecule has 4 heteroatoms. The Morgan fingerprint density at radius 2 is 2.31 bits per heavy atom. The molecule has 1 saturated heterocycles. The second-order valence-corrected chi connectivity index (χ2v) is 5.23. The molecule has 16 heavy (non-hydrogen) atoms. The Morgan fingerprint density at radius 1 is 1.44 bits per heavy atom. The van der Waals surface area contributed by atoms with E-state index in [1.807, 2.05) is 0 Å². The first kappa shape index (κ1) is 10.3. The fraction of sp³-hybridized carbons (Fsp3) is 0.750. The lowest BCUT2D eigenvalue weighted by Gasteiger charge is -2.30. The molecule has 1 aliphatic heterocycles. The minimum absolute atomic E-state index is 0.361. The van der Waals surface area contributed by atoms with E-state index in [1.165, 1.54) is 43.6 Å². The molecule has 1 aromatic rings. The number of likely N-dealkylation sites (tertiary alicyclic amines) is 1. The van der Waals surface area contributed by atoms with Gasteiger partial charge in [-0.1, -0.05) is 0 Å². The smallest absolute Gasteiger partial charge is 0.0656 e. The summed E-state index contributed by atoms with van der Waals surface area (Å²) in [7, 11) is 0. The van der Waals surface area contributed by atoms with Gasteiger partial charge in [-0.2, -0.15) is 5.10 Å². The lowest BCUT2D eigenvalue weighted by atomic mass is 10.1. The first-order valence-corrected chi connectivity index (χ1v) is 6.33. The summed E-state index contributed by atoms with van der Waals surface area (Å²) < 4.78 is 0. The van der Waals surface area contributed by atoms with Crippen molar-refractivity contribution in [1.29, 1.82) is 0 Å². The third-order valence-electron chi connectivity index (χ3n) is 3.58. The average Bonchev–Trinajstić information content (AvgIpc) is 3.01. The second kappa shape index (κ2) is 4.18. The Balaban J connectivity index is 1.59. The summed E-state index contributed by atoms with van der Waals surface area (Å²) in [4.78, 5) is 2.43. The number of hydrogen-bond donors (Lipinski definition) is 2. The quantitative estimate of drug-likeness (QED) is 0.805. The van der Waals surface area contributed by atoms with Gasteiger partial charge in [0.25, 0.3) is 0 Å². The van der Waals surface area contributed by atoms with Gasteiger partial charge in [-0.05, 0) is 38.3 Å². The molecule has 4 nitrogen and oxygen atoms in total. The van der Waals surface area contributed by atoms with E-state index in [-0.39, 0.29) is 0 Å². The number of rotatable bonds is 3. The fourth-order valence-electron chi connectivity index (χ4n) is 2.52. The predicted octanol–water partition coefficient (Wildman–Crippen LogP) is 1.21. The molecule has 88 valence electrons. The first-order valence-electron chi connectivity index (χ1n) is 6.33. The van der Waals surface area contributed by atoms with Crippen LogP contribution in [0.4, 0.5) is 0 Å². The molecule has 1 aromatic heterocycles. The van der Waals surface area contributed by atoms with Crippen LogP contribution in [-0.4, -0.2) is 34.2 Å². The van der Waals surface area contributed by atoms with Crippen LogP contribution in [-0.2, 0) is 6.54 Å². The summed E-state index contributed by atoms with van der Waals surface area (Å²) in [6.45, 7) is 3.18. The van der Waals surface area contributed by atoms with Gasteiger partial charge in [-0.15, -0.1) is 0 Å². The van der Waals surface area contributed by atoms with Crippen LogP contribution in [0.15, 0.2) is 6.07 Å². The summed E-state index contributed by atoms with van der Waals surface area (Å²) in [5, 5.41) is 7.54. The first-order chi connectivity index (χ1) is 7.81. The van der Waals surface area contributed by atoms with Crippen molar-refractivity contribution in [3.8, 4) is 0 Å². The van der Waals surface area contributed by atoms with Crippen LogP contribution in [0.1, 0.15) is 43.0 Å². The zero-order valence-electron chi connectivity index (χ0n) is 9.65. The molecular weight excluding hydrogens is 200 g/mol. The van der Waals surface area contributed by atoms with Crippen molar-refractivity contribution in [1.82, 2.24) is 15.1 Å². The van der Waals surface area contributed by atoms with Crippen molar-refractivity contribution >= 4 is 0 Å². The Hall–Kier alpha value is -0.870. The van der Waals surface area contributed by atoms with Crippen molar-refractivity contribution in [2.24, 2.45) is 5.73 Å². The number of nitrogens with zero attached hydrogens (tertiary/aromatic N) is 2. The molecule has 3 N–H and O–H groups in total. The highest BCUT2D eigenvalue weighted by atomic mass is 15.2. The zero-order valence-corrected chi connectivity index (χ0v) is 9.65. The van der Waals surface area contributed by atoms with Gasteiger partial charge in [0.05, 0.1) is 5.69 Å². The van der Waals surface area contributed by atoms with Gasteiger partial charge in [0, 0.05) is 30.7 Å². The lowest BCUT2D eigenvalue weighted by molar-refractivity contribution is 0.199. The number of nitrogens with two attached hydrogens (primary N) is 1. The molecule has 2 heterocycles. The molecule has 0 spiro atoms. The summed E-state index contributed by atoms with van der Waals surface area (Å²) in [5.74, 6) is 0.744. The van der Waals surface area contributed by atoms with E-state index in [1.54, 1.807) is 0 Å². The predicted molar refractivity (Wildman–Crippen MR) is 63.0 cm³/mol. The van der Waals surface area contributed by atoms with Crippen molar-refractivity contribution < 1.29 is 0 Å². The average molecular weight is 220 g/mol. The number of nitrogens with one attached hydrogen (secondary N) is 1. The van der Waals surface area contributed by atoms with E-state index in [0.717, 1.165) is 19.0 Å². The maximum absolute atomic E-state index is 5.97. The van der Waals surface area contributed by atoms with Gasteiger partial charge in [0.1, 0.15) is 0 Å². The Morgan fingerprint density at radius 3 is 3.06 bits per heavy atom. The van der Waals surface area contributed by atoms with Crippen LogP contribution in [0.25, 0.3) is 0 Å². The largest absolute Gasteiger partial charge is 0.327 e. The van der Waals surface area contributed by atoms with Gasteiger partial charge >= 0.3 is 0 Å². The van der Waals surface area contributed by atoms with E-state index in [4.69, 9.17) is 5.73 Å². The minimum Gasteiger partial charge on any atom is -0.327 e. The molecular formula is C12H20N4. The van der Waals surface area contributed by atoms with Crippen LogP contribution in [0.3, 0.4) is 0 Å². The van der Waals surface area contributed by atoms with Crippen LogP contribution >= 0.6 is 0 Å². The summed E-state index contributed by atoms with van der Waals surface area (Å²) in [5.41, 5.74) is 8.48. The Kier molecular flexibility index (Phi) is 2.69. The normalized spacial score (nSPS) is 27.2. The second-order valence-electron chi connectivity index (χ2n) is 5.23. The number of H-pyrrole nitrogens is 1. The Bertz CT molecular complexity index is 356. The van der Waals surface area contributed by atoms with E-state index < -0.39 is 0 Å². The number of aromatic amines is 1. The summed E-state index contributed by atoms with van der Waals surface area (Å²) in [6.07, 6.45) is 5.04. The lowest BCUT2D eigenvalue weighted by Crippen LogP contribution is -2.42. The molecule has 1 saturated carbocycles. The third-order valence-corrected chi connectivity index (χ3v) is 3.58. The monoisotopic (exact) mass is 220 g/mol. The number of hydrogen-bond acceptors (Lipinski definition) is 3. The molecule has 0 radical (unpaired) electrons. The molecule has 0 unspecified atom stereocenters. The van der Waals surface area contributed by atoms with Gasteiger partial charge in [-0.25, -0.2) is 0 Å². The SMILES string of the molecule is N[C@H]1CCCN(Cc2cc(C3CC3)n[nH]2)C1. The highest BCUT2D eigenvalue weighted by molar-refractivity contribution is 5.17. The van der Waals surface area contributed by atoms with Crippen molar-refractivity contribution in [2.75, 3.05) is 13.1 Å². The van der Waals surface area contributed by atoms with Crippen LogP contribution in [0, 0.1) is 0 Å². The highest BCUT2D eigenvalue weighted by Crippen LogP contribution is 2.39. The van der Waals surface area contributed by atoms with E-state index in [2.05, 4.69) is 21.2 Å². The molecule has 2 aliphatic rings. The maximum Gasteiger partial charge on any atom is 0.0656 e. The van der Waals surface area contributed by atoms with Gasteiger partial charge in [0.2, 0.25) is 0 Å². The molecule has 1 atom stereocenters. The summed E-state index contributed by atoms with van der Waals surface area (Å²) >= 11 is 0. The van der Waals surface area contributed by atoms with Crippen molar-refractivity contribution in [2.45, 2.75) is 44.2 Å². The number of piperidine rings is 1. The Labute approximate surface area is 96.2 Å². The van der Waals surface area contributed by atoms with Gasteiger partial charge in [0.15, 0.2) is 0 Å². The fourth-order valence-corrected chi connectivity index (χ4v) is 2.52. The molecule has 0 aromatic carbocycles. The highest BCUT2D eigenvalue weighted by Gasteiger charge is 2.26. The van der Waals surface area contributed by atoms with Crippen molar-refractivity contribution in [3.05, 3.63) is 17.5 Å². The van der Waals surface area contributed by atoms with Gasteiger partial charge < -0.3 is 5.73 Å². The van der Waals surface area contributed by atoms with E-state index in [0.29, 0.717) is 6.04 Å². The van der Waals surface area contributed by atoms with E-state index in [9.17, 15) is 0 Å². The van der Waals surface area contributed by atoms with Crippen LogP contribution < -0.4 is 5.73 Å². The summed E-state index contributed by atoms with van der Waals surface area (Å²) in [6, 6.07) is 2.59. The molecule has 0 amide bonds. The van der Waals surface area contributed by atoms with E-state index >= 15 is 0 Å². The molecule has 3 rings (SSSR count). The minimum atomic E-state index is 0.361. The number of aromatic nitrogens is 2. The zero-order chi connectivity index (χ0) is 11.0. The molecule has 0 bridgehead atoms. The van der Waals surface area contributed by atoms with Crippen molar-refractivity contribution in [3.63, 3.8) is 0 Å².